The summed E-state index contributed by atoms with van der Waals surface area (Å²) in [6.07, 6.45) is 5.72. The summed E-state index contributed by atoms with van der Waals surface area (Å²) in [4.78, 5) is 11.9. The number of aliphatic imine (C=N–C) groups is 1. The molecule has 3 rings (SSSR count). The fourth-order valence-corrected chi connectivity index (χ4v) is 4.09. The van der Waals surface area contributed by atoms with Crippen LogP contribution in [0.3, 0.4) is 0 Å². The number of nitrogens with zero attached hydrogens (tertiary/aromatic N) is 4. The van der Waals surface area contributed by atoms with E-state index in [2.05, 4.69) is 75.3 Å². The highest BCUT2D eigenvalue weighted by molar-refractivity contribution is 5.80. The molecule has 1 aromatic carbocycles. The van der Waals surface area contributed by atoms with Crippen LogP contribution in [0.5, 0.6) is 0 Å². The molecule has 0 radical (unpaired) electrons. The molecule has 5 heteroatoms. The highest BCUT2D eigenvalue weighted by Gasteiger charge is 2.25. The van der Waals surface area contributed by atoms with Gasteiger partial charge in [-0.2, -0.15) is 0 Å². The van der Waals surface area contributed by atoms with Crippen LogP contribution in [0.1, 0.15) is 25.8 Å². The molecule has 1 N–H and O–H groups in total. The van der Waals surface area contributed by atoms with Gasteiger partial charge in [0.15, 0.2) is 5.96 Å². The van der Waals surface area contributed by atoms with Gasteiger partial charge in [-0.1, -0.05) is 38.1 Å². The first-order chi connectivity index (χ1) is 13.2. The van der Waals surface area contributed by atoms with E-state index >= 15 is 0 Å². The number of hydrogen-bond donors (Lipinski definition) is 1. The standard InChI is InChI=1S/C22H35N5/c1-4-25(5-2)17-20-11-14-27(18-20)22(23-3)24-16-19-9-8-10-21(15-19)26-12-6-7-13-26/h6-10,15,20H,4-5,11-14,16-18H2,1-3H3,(H,23,24). The van der Waals surface area contributed by atoms with Crippen molar-refractivity contribution in [2.24, 2.45) is 10.9 Å². The van der Waals surface area contributed by atoms with Crippen LogP contribution in [-0.2, 0) is 6.54 Å². The smallest absolute Gasteiger partial charge is 0.193 e. The Morgan fingerprint density at radius 2 is 2.00 bits per heavy atom. The zero-order chi connectivity index (χ0) is 19.1. The molecule has 2 heterocycles. The largest absolute Gasteiger partial charge is 0.364 e. The molecule has 0 amide bonds. The average Bonchev–Trinajstić information content (AvgIpc) is 3.39. The lowest BCUT2D eigenvalue weighted by atomic mass is 10.1. The molecule has 2 aliphatic rings. The third-order valence-corrected chi connectivity index (χ3v) is 5.75. The number of guanidine groups is 1. The van der Waals surface area contributed by atoms with Crippen LogP contribution in [0.25, 0.3) is 0 Å². The van der Waals surface area contributed by atoms with Crippen molar-refractivity contribution in [3.8, 4) is 0 Å². The fourth-order valence-electron chi connectivity index (χ4n) is 4.09. The van der Waals surface area contributed by atoms with Crippen molar-refractivity contribution < 1.29 is 0 Å². The van der Waals surface area contributed by atoms with Crippen LogP contribution in [0.4, 0.5) is 5.69 Å². The van der Waals surface area contributed by atoms with Gasteiger partial charge in [0.1, 0.15) is 0 Å². The number of rotatable bonds is 7. The lowest BCUT2D eigenvalue weighted by Gasteiger charge is -2.24. The zero-order valence-corrected chi connectivity index (χ0v) is 17.2. The van der Waals surface area contributed by atoms with E-state index in [9.17, 15) is 0 Å². The van der Waals surface area contributed by atoms with Crippen molar-refractivity contribution in [1.82, 2.24) is 15.1 Å². The summed E-state index contributed by atoms with van der Waals surface area (Å²) >= 11 is 0. The molecule has 0 aliphatic carbocycles. The van der Waals surface area contributed by atoms with E-state index in [1.165, 1.54) is 24.2 Å². The molecule has 1 fully saturated rings. The maximum absolute atomic E-state index is 4.54. The lowest BCUT2D eigenvalue weighted by Crippen LogP contribution is -2.40. The Labute approximate surface area is 164 Å². The van der Waals surface area contributed by atoms with Gasteiger partial charge < -0.3 is 20.0 Å². The molecule has 148 valence electrons. The molecule has 1 aromatic rings. The molecular weight excluding hydrogens is 334 g/mol. The molecule has 0 saturated carbocycles. The monoisotopic (exact) mass is 369 g/mol. The zero-order valence-electron chi connectivity index (χ0n) is 17.2. The van der Waals surface area contributed by atoms with Crippen molar-refractivity contribution >= 4 is 11.6 Å². The third-order valence-electron chi connectivity index (χ3n) is 5.75. The van der Waals surface area contributed by atoms with Gasteiger partial charge in [0.05, 0.1) is 0 Å². The minimum absolute atomic E-state index is 0.745. The number of benzene rings is 1. The quantitative estimate of drug-likeness (QED) is 0.455. The van der Waals surface area contributed by atoms with Crippen LogP contribution in [0.2, 0.25) is 0 Å². The highest BCUT2D eigenvalue weighted by Crippen LogP contribution is 2.20. The van der Waals surface area contributed by atoms with E-state index in [4.69, 9.17) is 0 Å². The third kappa shape index (κ3) is 5.25. The normalized spacial score (nSPS) is 20.1. The van der Waals surface area contributed by atoms with Gasteiger partial charge in [0.2, 0.25) is 0 Å². The van der Waals surface area contributed by atoms with Gasteiger partial charge >= 0.3 is 0 Å². The first-order valence-electron chi connectivity index (χ1n) is 10.4. The number of anilines is 1. The van der Waals surface area contributed by atoms with Crippen molar-refractivity contribution in [1.29, 1.82) is 0 Å². The van der Waals surface area contributed by atoms with Crippen LogP contribution < -0.4 is 10.2 Å². The first kappa shape index (κ1) is 19.7. The molecule has 2 aliphatic heterocycles. The van der Waals surface area contributed by atoms with E-state index in [1.54, 1.807) is 0 Å². The van der Waals surface area contributed by atoms with Gasteiger partial charge in [-0.15, -0.1) is 0 Å². The van der Waals surface area contributed by atoms with Gasteiger partial charge in [-0.25, -0.2) is 0 Å². The van der Waals surface area contributed by atoms with Gasteiger partial charge in [-0.05, 0) is 43.1 Å². The molecule has 5 nitrogen and oxygen atoms in total. The number of likely N-dealkylation sites (tertiary alicyclic amines) is 1. The Kier molecular flexibility index (Phi) is 7.16. The van der Waals surface area contributed by atoms with Crippen LogP contribution in [0.15, 0.2) is 41.4 Å². The molecule has 1 unspecified atom stereocenters. The maximum atomic E-state index is 4.54. The van der Waals surface area contributed by atoms with Gasteiger partial charge in [0, 0.05) is 52.0 Å². The topological polar surface area (TPSA) is 34.1 Å². The van der Waals surface area contributed by atoms with E-state index in [0.29, 0.717) is 0 Å². The van der Waals surface area contributed by atoms with Gasteiger partial charge in [0.25, 0.3) is 0 Å². The molecule has 27 heavy (non-hydrogen) atoms. The minimum Gasteiger partial charge on any atom is -0.364 e. The van der Waals surface area contributed by atoms with Crippen molar-refractivity contribution in [2.75, 3.05) is 57.8 Å². The predicted molar refractivity (Wildman–Crippen MR) is 115 cm³/mol. The second-order valence-electron chi connectivity index (χ2n) is 7.53. The molecule has 0 bridgehead atoms. The van der Waals surface area contributed by atoms with Crippen LogP contribution >= 0.6 is 0 Å². The summed E-state index contributed by atoms with van der Waals surface area (Å²) in [5.74, 6) is 1.78. The van der Waals surface area contributed by atoms with Crippen LogP contribution in [0, 0.1) is 5.92 Å². The maximum Gasteiger partial charge on any atom is 0.193 e. The lowest BCUT2D eigenvalue weighted by molar-refractivity contribution is 0.255. The summed E-state index contributed by atoms with van der Waals surface area (Å²) < 4.78 is 0. The fraction of sp³-hybridized carbons (Fsp3) is 0.591. The van der Waals surface area contributed by atoms with Crippen molar-refractivity contribution in [3.63, 3.8) is 0 Å². The SMILES string of the molecule is CCN(CC)CC1CCN(C(=NC)NCc2cccc(N3CC=CC3)c2)C1. The molecule has 0 aromatic heterocycles. The Bertz CT molecular complexity index is 642. The number of hydrogen-bond acceptors (Lipinski definition) is 3. The van der Waals surface area contributed by atoms with Crippen LogP contribution in [-0.4, -0.2) is 68.6 Å². The second-order valence-corrected chi connectivity index (χ2v) is 7.53. The Balaban J connectivity index is 1.52. The average molecular weight is 370 g/mol. The summed E-state index contributed by atoms with van der Waals surface area (Å²) in [6, 6.07) is 8.84. The Hall–Kier alpha value is -2.01. The molecule has 0 spiro atoms. The van der Waals surface area contributed by atoms with Crippen molar-refractivity contribution in [3.05, 3.63) is 42.0 Å². The molecular formula is C22H35N5. The van der Waals surface area contributed by atoms with E-state index in [0.717, 1.165) is 57.7 Å². The van der Waals surface area contributed by atoms with Gasteiger partial charge in [-0.3, -0.25) is 4.99 Å². The summed E-state index contributed by atoms with van der Waals surface area (Å²) in [7, 11) is 1.90. The molecule has 1 atom stereocenters. The first-order valence-corrected chi connectivity index (χ1v) is 10.4. The Morgan fingerprint density at radius 3 is 2.70 bits per heavy atom. The second kappa shape index (κ2) is 9.79. The Morgan fingerprint density at radius 1 is 1.22 bits per heavy atom. The minimum atomic E-state index is 0.745. The number of nitrogens with one attached hydrogen (secondary N) is 1. The predicted octanol–water partition coefficient (Wildman–Crippen LogP) is 2.80. The highest BCUT2D eigenvalue weighted by atomic mass is 15.3. The molecule has 1 saturated heterocycles. The van der Waals surface area contributed by atoms with E-state index < -0.39 is 0 Å². The summed E-state index contributed by atoms with van der Waals surface area (Å²) in [6.45, 7) is 13.0. The summed E-state index contributed by atoms with van der Waals surface area (Å²) in [5.41, 5.74) is 2.61. The van der Waals surface area contributed by atoms with E-state index in [1.807, 2.05) is 7.05 Å². The summed E-state index contributed by atoms with van der Waals surface area (Å²) in [5, 5.41) is 3.58. The van der Waals surface area contributed by atoms with Crippen molar-refractivity contribution in [2.45, 2.75) is 26.8 Å². The van der Waals surface area contributed by atoms with E-state index in [-0.39, 0.29) is 0 Å².